The van der Waals surface area contributed by atoms with E-state index in [4.69, 9.17) is 0 Å². The third-order valence-electron chi connectivity index (χ3n) is 7.36. The Balaban J connectivity index is 1.81. The Kier molecular flexibility index (Phi) is 8.73. The number of carboxylic acid groups (broad SMARTS) is 1. The predicted octanol–water partition coefficient (Wildman–Crippen LogP) is 6.48. The Morgan fingerprint density at radius 1 is 1.07 bits per heavy atom. The standard InChI is InChI=1S/C26H40FNO2/c1-19(2)14-15-28(18-20-6-4-3-5-7-20)25-13-8-21(17-26(29)30)16-24(25)22-9-11-23(27)12-10-22/h9-12,19-21,24-25H,3-8,13-18H2,1-2H3,(H,29,30)/t21-,24+,25-/m1/s1. The molecule has 0 spiro atoms. The molecule has 0 amide bonds. The van der Waals surface area contributed by atoms with Crippen molar-refractivity contribution in [2.24, 2.45) is 17.8 Å². The van der Waals surface area contributed by atoms with Gasteiger partial charge < -0.3 is 5.11 Å². The first kappa shape index (κ1) is 23.2. The van der Waals surface area contributed by atoms with E-state index < -0.39 is 5.97 Å². The van der Waals surface area contributed by atoms with Gasteiger partial charge in [0.15, 0.2) is 0 Å². The first-order chi connectivity index (χ1) is 14.4. The van der Waals surface area contributed by atoms with Crippen LogP contribution in [0, 0.1) is 23.6 Å². The quantitative estimate of drug-likeness (QED) is 0.500. The van der Waals surface area contributed by atoms with Crippen LogP contribution in [0.4, 0.5) is 4.39 Å². The lowest BCUT2D eigenvalue weighted by Gasteiger charge is -2.44. The largest absolute Gasteiger partial charge is 0.481 e. The first-order valence-corrected chi connectivity index (χ1v) is 12.1. The normalized spacial score (nSPS) is 25.7. The Bertz CT molecular complexity index is 654. The van der Waals surface area contributed by atoms with Crippen LogP contribution >= 0.6 is 0 Å². The van der Waals surface area contributed by atoms with Gasteiger partial charge in [0.2, 0.25) is 0 Å². The predicted molar refractivity (Wildman–Crippen MR) is 120 cm³/mol. The van der Waals surface area contributed by atoms with Crippen LogP contribution in [0.2, 0.25) is 0 Å². The summed E-state index contributed by atoms with van der Waals surface area (Å²) >= 11 is 0. The van der Waals surface area contributed by atoms with Crippen LogP contribution < -0.4 is 0 Å². The van der Waals surface area contributed by atoms with E-state index in [1.807, 2.05) is 12.1 Å². The van der Waals surface area contributed by atoms with Crippen LogP contribution in [0.25, 0.3) is 0 Å². The number of aliphatic carboxylic acids is 1. The number of hydrogen-bond donors (Lipinski definition) is 1. The van der Waals surface area contributed by atoms with E-state index in [0.717, 1.165) is 31.7 Å². The summed E-state index contributed by atoms with van der Waals surface area (Å²) in [6, 6.07) is 7.41. The summed E-state index contributed by atoms with van der Waals surface area (Å²) in [6.45, 7) is 6.86. The fraction of sp³-hybridized carbons (Fsp3) is 0.731. The summed E-state index contributed by atoms with van der Waals surface area (Å²) in [5.74, 6) is 1.07. The van der Waals surface area contributed by atoms with E-state index in [-0.39, 0.29) is 18.2 Å². The third-order valence-corrected chi connectivity index (χ3v) is 7.36. The van der Waals surface area contributed by atoms with Crippen LogP contribution in [-0.2, 0) is 4.79 Å². The Morgan fingerprint density at radius 3 is 2.40 bits per heavy atom. The second kappa shape index (κ2) is 11.3. The minimum absolute atomic E-state index is 0.202. The molecule has 168 valence electrons. The van der Waals surface area contributed by atoms with Crippen molar-refractivity contribution in [1.82, 2.24) is 4.90 Å². The molecule has 0 saturated heterocycles. The number of carbonyl (C=O) groups is 1. The van der Waals surface area contributed by atoms with Gasteiger partial charge >= 0.3 is 5.97 Å². The highest BCUT2D eigenvalue weighted by Crippen LogP contribution is 2.41. The van der Waals surface area contributed by atoms with Gasteiger partial charge in [-0.2, -0.15) is 0 Å². The van der Waals surface area contributed by atoms with Crippen molar-refractivity contribution in [3.8, 4) is 0 Å². The molecule has 4 heteroatoms. The minimum atomic E-state index is -0.699. The Morgan fingerprint density at radius 2 is 1.77 bits per heavy atom. The average molecular weight is 418 g/mol. The number of benzene rings is 1. The molecule has 3 nitrogen and oxygen atoms in total. The molecule has 2 aliphatic rings. The SMILES string of the molecule is CC(C)CCN(CC1CCCCC1)[C@@H]1CC[C@@H](CC(=O)O)C[C@H]1c1ccc(F)cc1. The lowest BCUT2D eigenvalue weighted by atomic mass is 9.72. The molecule has 0 bridgehead atoms. The third kappa shape index (κ3) is 6.80. The van der Waals surface area contributed by atoms with Crippen molar-refractivity contribution >= 4 is 5.97 Å². The number of rotatable bonds is 9. The molecule has 2 aliphatic carbocycles. The molecule has 0 radical (unpaired) electrons. The molecule has 3 atom stereocenters. The lowest BCUT2D eigenvalue weighted by Crippen LogP contribution is -2.46. The van der Waals surface area contributed by atoms with E-state index >= 15 is 0 Å². The molecular formula is C26H40FNO2. The van der Waals surface area contributed by atoms with E-state index in [1.54, 1.807) is 12.1 Å². The highest BCUT2D eigenvalue weighted by atomic mass is 19.1. The van der Waals surface area contributed by atoms with Crippen LogP contribution in [0.5, 0.6) is 0 Å². The zero-order valence-corrected chi connectivity index (χ0v) is 18.9. The Labute approximate surface area is 182 Å². The van der Waals surface area contributed by atoms with Gasteiger partial charge in [-0.05, 0) is 86.4 Å². The van der Waals surface area contributed by atoms with E-state index in [9.17, 15) is 14.3 Å². The van der Waals surface area contributed by atoms with Gasteiger partial charge in [0.1, 0.15) is 5.82 Å². The summed E-state index contributed by atoms with van der Waals surface area (Å²) in [4.78, 5) is 14.1. The molecule has 3 rings (SSSR count). The Hall–Kier alpha value is -1.42. The molecule has 30 heavy (non-hydrogen) atoms. The van der Waals surface area contributed by atoms with Crippen molar-refractivity contribution < 1.29 is 14.3 Å². The molecule has 1 aromatic carbocycles. The van der Waals surface area contributed by atoms with E-state index in [0.29, 0.717) is 17.9 Å². The number of hydrogen-bond acceptors (Lipinski definition) is 2. The summed E-state index contributed by atoms with van der Waals surface area (Å²) in [5.41, 5.74) is 1.18. The molecule has 2 saturated carbocycles. The molecule has 0 aromatic heterocycles. The van der Waals surface area contributed by atoms with Crippen LogP contribution in [0.15, 0.2) is 24.3 Å². The minimum Gasteiger partial charge on any atom is -0.481 e. The zero-order chi connectivity index (χ0) is 21.5. The van der Waals surface area contributed by atoms with E-state index in [1.165, 1.54) is 50.6 Å². The average Bonchev–Trinajstić information content (AvgIpc) is 2.72. The van der Waals surface area contributed by atoms with Crippen LogP contribution in [0.1, 0.15) is 89.5 Å². The van der Waals surface area contributed by atoms with Gasteiger partial charge in [-0.25, -0.2) is 4.39 Å². The topological polar surface area (TPSA) is 40.5 Å². The van der Waals surface area contributed by atoms with Gasteiger partial charge in [-0.3, -0.25) is 9.69 Å². The maximum absolute atomic E-state index is 13.6. The molecule has 0 aliphatic heterocycles. The van der Waals surface area contributed by atoms with Gasteiger partial charge in [0.05, 0.1) is 0 Å². The molecule has 0 heterocycles. The van der Waals surface area contributed by atoms with E-state index in [2.05, 4.69) is 18.7 Å². The van der Waals surface area contributed by atoms with Gasteiger partial charge in [0.25, 0.3) is 0 Å². The van der Waals surface area contributed by atoms with Gasteiger partial charge in [-0.15, -0.1) is 0 Å². The van der Waals surface area contributed by atoms with Crippen molar-refractivity contribution in [3.63, 3.8) is 0 Å². The second-order valence-corrected chi connectivity index (χ2v) is 10.2. The summed E-state index contributed by atoms with van der Waals surface area (Å²) in [6.07, 6.45) is 11.1. The van der Waals surface area contributed by atoms with Crippen molar-refractivity contribution in [3.05, 3.63) is 35.6 Å². The maximum atomic E-state index is 13.6. The van der Waals surface area contributed by atoms with Crippen molar-refractivity contribution in [2.75, 3.05) is 13.1 Å². The summed E-state index contributed by atoms with van der Waals surface area (Å²) in [7, 11) is 0. The monoisotopic (exact) mass is 417 g/mol. The van der Waals surface area contributed by atoms with Crippen molar-refractivity contribution in [2.45, 2.75) is 90.0 Å². The molecule has 2 fully saturated rings. The maximum Gasteiger partial charge on any atom is 0.303 e. The molecule has 0 unspecified atom stereocenters. The lowest BCUT2D eigenvalue weighted by molar-refractivity contribution is -0.138. The fourth-order valence-electron chi connectivity index (χ4n) is 5.70. The zero-order valence-electron chi connectivity index (χ0n) is 18.9. The molecule has 1 aromatic rings. The molecule has 1 N–H and O–H groups in total. The van der Waals surface area contributed by atoms with Gasteiger partial charge in [0, 0.05) is 19.0 Å². The number of nitrogens with zero attached hydrogens (tertiary/aromatic N) is 1. The first-order valence-electron chi connectivity index (χ1n) is 12.1. The van der Waals surface area contributed by atoms with Crippen molar-refractivity contribution in [1.29, 1.82) is 0 Å². The van der Waals surface area contributed by atoms with Gasteiger partial charge in [-0.1, -0.05) is 45.2 Å². The smallest absolute Gasteiger partial charge is 0.303 e. The number of halogens is 1. The summed E-state index contributed by atoms with van der Waals surface area (Å²) in [5, 5.41) is 9.34. The molecular weight excluding hydrogens is 377 g/mol. The van der Waals surface area contributed by atoms with Crippen LogP contribution in [-0.4, -0.2) is 35.1 Å². The van der Waals surface area contributed by atoms with Crippen LogP contribution in [0.3, 0.4) is 0 Å². The highest BCUT2D eigenvalue weighted by Gasteiger charge is 2.36. The fourth-order valence-corrected chi connectivity index (χ4v) is 5.70. The number of carboxylic acids is 1. The highest BCUT2D eigenvalue weighted by molar-refractivity contribution is 5.67. The summed E-state index contributed by atoms with van der Waals surface area (Å²) < 4.78 is 13.6. The second-order valence-electron chi connectivity index (χ2n) is 10.2.